The van der Waals surface area contributed by atoms with Crippen LogP contribution in [-0.4, -0.2) is 14.3 Å². The summed E-state index contributed by atoms with van der Waals surface area (Å²) in [6.07, 6.45) is 0. The predicted octanol–water partition coefficient (Wildman–Crippen LogP) is 2.96. The van der Waals surface area contributed by atoms with Gasteiger partial charge in [0.25, 0.3) is 0 Å². The summed E-state index contributed by atoms with van der Waals surface area (Å²) in [6.45, 7) is 1.43. The second-order valence-corrected chi connectivity index (χ2v) is 5.69. The molecule has 1 N–H and O–H groups in total. The molecule has 0 bridgehead atoms. The van der Waals surface area contributed by atoms with Gasteiger partial charge in [0, 0.05) is 18.7 Å². The molecule has 0 aliphatic carbocycles. The lowest BCUT2D eigenvalue weighted by Gasteiger charge is -2.09. The van der Waals surface area contributed by atoms with Crippen LogP contribution in [0.4, 0.5) is 14.0 Å². The average Bonchev–Trinajstić information content (AvgIpc) is 2.46. The minimum absolute atomic E-state index is 0.0406. The Hall–Kier alpha value is -2.68. The van der Waals surface area contributed by atoms with Crippen LogP contribution in [0.2, 0.25) is 0 Å². The zero-order chi connectivity index (χ0) is 17.7. The highest BCUT2D eigenvalue weighted by molar-refractivity contribution is 7.81. The predicted molar refractivity (Wildman–Crippen MR) is 82.1 cm³/mol. The molecule has 0 saturated heterocycles. The van der Waals surface area contributed by atoms with Crippen LogP contribution < -0.4 is 14.2 Å². The molecule has 0 radical (unpaired) electrons. The van der Waals surface area contributed by atoms with Gasteiger partial charge in [-0.25, -0.2) is 4.39 Å². The first-order valence-electron chi connectivity index (χ1n) is 6.66. The average molecular weight is 357 g/mol. The Morgan fingerprint density at radius 2 is 1.83 bits per heavy atom. The second kappa shape index (κ2) is 7.26. The van der Waals surface area contributed by atoms with E-state index in [1.807, 2.05) is 0 Å². The molecule has 0 saturated carbocycles. The molecule has 2 aromatic carbocycles. The van der Waals surface area contributed by atoms with Crippen molar-refractivity contribution in [2.24, 2.45) is 0 Å². The minimum atomic E-state index is -5.21. The van der Waals surface area contributed by atoms with E-state index in [4.69, 9.17) is 4.74 Å². The number of amides is 1. The van der Waals surface area contributed by atoms with Crippen molar-refractivity contribution in [2.75, 3.05) is 5.32 Å². The Bertz CT molecular complexity index is 837. The van der Waals surface area contributed by atoms with Crippen molar-refractivity contribution in [1.29, 1.82) is 0 Å². The number of halogens is 2. The fourth-order valence-electron chi connectivity index (χ4n) is 1.81. The molecule has 0 fully saturated rings. The van der Waals surface area contributed by atoms with E-state index in [9.17, 15) is 21.5 Å². The van der Waals surface area contributed by atoms with E-state index in [-0.39, 0.29) is 18.3 Å². The highest BCUT2D eigenvalue weighted by Crippen LogP contribution is 2.24. The monoisotopic (exact) mass is 357 g/mol. The molecular formula is C15H13F2NO5S. The molecule has 2 rings (SSSR count). The van der Waals surface area contributed by atoms with Gasteiger partial charge >= 0.3 is 10.5 Å². The topological polar surface area (TPSA) is 81.7 Å². The Labute approximate surface area is 137 Å². The molecule has 1 amide bonds. The maximum Gasteiger partial charge on any atom is 0.488 e. The molecule has 0 aliphatic heterocycles. The zero-order valence-electron chi connectivity index (χ0n) is 12.5. The summed E-state index contributed by atoms with van der Waals surface area (Å²) in [4.78, 5) is 10.9. The fourth-order valence-corrected chi connectivity index (χ4v) is 2.15. The molecule has 6 nitrogen and oxygen atoms in total. The van der Waals surface area contributed by atoms with Crippen molar-refractivity contribution in [1.82, 2.24) is 0 Å². The van der Waals surface area contributed by atoms with Gasteiger partial charge in [-0.2, -0.15) is 8.42 Å². The molecule has 9 heteroatoms. The molecule has 0 aromatic heterocycles. The van der Waals surface area contributed by atoms with Crippen molar-refractivity contribution in [3.05, 3.63) is 53.8 Å². The van der Waals surface area contributed by atoms with Gasteiger partial charge < -0.3 is 14.2 Å². The maximum atomic E-state index is 13.8. The summed E-state index contributed by atoms with van der Waals surface area (Å²) in [5.41, 5.74) is 1.33. The normalized spacial score (nSPS) is 11.0. The lowest BCUT2D eigenvalue weighted by molar-refractivity contribution is -0.114. The molecule has 0 spiro atoms. The van der Waals surface area contributed by atoms with E-state index in [1.165, 1.54) is 6.92 Å². The Kier molecular flexibility index (Phi) is 5.35. The molecule has 0 heterocycles. The lowest BCUT2D eigenvalue weighted by Crippen LogP contribution is -2.05. The smallest absolute Gasteiger partial charge is 0.486 e. The molecule has 128 valence electrons. The quantitative estimate of drug-likeness (QED) is 0.804. The van der Waals surface area contributed by atoms with Crippen molar-refractivity contribution >= 4 is 22.1 Å². The molecule has 0 aliphatic rings. The van der Waals surface area contributed by atoms with Crippen molar-refractivity contribution in [2.45, 2.75) is 13.5 Å². The maximum absolute atomic E-state index is 13.8. The van der Waals surface area contributed by atoms with Crippen LogP contribution >= 0.6 is 0 Å². The van der Waals surface area contributed by atoms with Gasteiger partial charge in [-0.15, -0.1) is 0 Å². The van der Waals surface area contributed by atoms with Crippen molar-refractivity contribution in [3.8, 4) is 11.5 Å². The van der Waals surface area contributed by atoms with E-state index in [0.29, 0.717) is 11.8 Å². The van der Waals surface area contributed by atoms with Gasteiger partial charge in [-0.3, -0.25) is 4.79 Å². The van der Waals surface area contributed by atoms with Crippen LogP contribution in [-0.2, 0) is 21.9 Å². The third kappa shape index (κ3) is 5.51. The van der Waals surface area contributed by atoms with Crippen LogP contribution in [0.1, 0.15) is 12.5 Å². The first-order chi connectivity index (χ1) is 11.2. The summed E-state index contributed by atoms with van der Waals surface area (Å²) >= 11 is 0. The third-order valence-electron chi connectivity index (χ3n) is 2.77. The standard InChI is InChI=1S/C15H13F2NO5S/c1-10(19)18-12-4-2-11(3-5-12)9-22-15-7-6-13(8-14(15)16)23-24(17,20)21/h2-8H,9H2,1H3,(H,18,19). The Morgan fingerprint density at radius 1 is 1.17 bits per heavy atom. The van der Waals surface area contributed by atoms with Crippen LogP contribution in [0.15, 0.2) is 42.5 Å². The number of rotatable bonds is 6. The van der Waals surface area contributed by atoms with Crippen molar-refractivity contribution < 1.29 is 30.4 Å². The van der Waals surface area contributed by atoms with Gasteiger partial charge in [0.05, 0.1) is 0 Å². The molecule has 24 heavy (non-hydrogen) atoms. The number of anilines is 1. The third-order valence-corrected chi connectivity index (χ3v) is 3.16. The molecule has 0 unspecified atom stereocenters. The number of hydrogen-bond donors (Lipinski definition) is 1. The number of carbonyl (C=O) groups is 1. The second-order valence-electron chi connectivity index (χ2n) is 4.74. The lowest BCUT2D eigenvalue weighted by atomic mass is 10.2. The Balaban J connectivity index is 2.00. The summed E-state index contributed by atoms with van der Waals surface area (Å²) < 4.78 is 56.0. The van der Waals surface area contributed by atoms with E-state index in [1.54, 1.807) is 24.3 Å². The van der Waals surface area contributed by atoms with Crippen molar-refractivity contribution in [3.63, 3.8) is 0 Å². The zero-order valence-corrected chi connectivity index (χ0v) is 13.3. The molecular weight excluding hydrogens is 344 g/mol. The van der Waals surface area contributed by atoms with Crippen LogP contribution in [0.25, 0.3) is 0 Å². The Morgan fingerprint density at radius 3 is 2.38 bits per heavy atom. The fraction of sp³-hybridized carbons (Fsp3) is 0.133. The minimum Gasteiger partial charge on any atom is -0.486 e. The van der Waals surface area contributed by atoms with Crippen LogP contribution in [0, 0.1) is 5.82 Å². The number of benzene rings is 2. The number of hydrogen-bond acceptors (Lipinski definition) is 5. The summed E-state index contributed by atoms with van der Waals surface area (Å²) in [7, 11) is -5.21. The summed E-state index contributed by atoms with van der Waals surface area (Å²) in [5.74, 6) is -1.74. The first-order valence-corrected chi connectivity index (χ1v) is 7.97. The van der Waals surface area contributed by atoms with E-state index < -0.39 is 22.1 Å². The van der Waals surface area contributed by atoms with Crippen LogP contribution in [0.5, 0.6) is 11.5 Å². The summed E-state index contributed by atoms with van der Waals surface area (Å²) in [6, 6.07) is 9.61. The van der Waals surface area contributed by atoms with Gasteiger partial charge in [0.1, 0.15) is 12.4 Å². The largest absolute Gasteiger partial charge is 0.488 e. The highest BCUT2D eigenvalue weighted by Gasteiger charge is 2.12. The van der Waals surface area contributed by atoms with Gasteiger partial charge in [0.15, 0.2) is 11.6 Å². The number of nitrogens with one attached hydrogen (secondary N) is 1. The van der Waals surface area contributed by atoms with Gasteiger partial charge in [-0.1, -0.05) is 16.0 Å². The van der Waals surface area contributed by atoms with Crippen LogP contribution in [0.3, 0.4) is 0 Å². The molecule has 2 aromatic rings. The summed E-state index contributed by atoms with van der Waals surface area (Å²) in [5, 5.41) is 2.61. The first kappa shape index (κ1) is 17.7. The molecule has 0 atom stereocenters. The van der Waals surface area contributed by atoms with E-state index >= 15 is 0 Å². The van der Waals surface area contributed by atoms with Gasteiger partial charge in [-0.05, 0) is 29.8 Å². The van der Waals surface area contributed by atoms with E-state index in [2.05, 4.69) is 9.50 Å². The highest BCUT2D eigenvalue weighted by atomic mass is 32.3. The SMILES string of the molecule is CC(=O)Nc1ccc(COc2ccc(OS(=O)(=O)F)cc2F)cc1. The van der Waals surface area contributed by atoms with Gasteiger partial charge in [0.2, 0.25) is 5.91 Å². The number of carbonyl (C=O) groups excluding carboxylic acids is 1. The van der Waals surface area contributed by atoms with E-state index in [0.717, 1.165) is 17.7 Å². The number of ether oxygens (including phenoxy) is 1.